The smallest absolute Gasteiger partial charge is 0.255 e. The first-order valence-electron chi connectivity index (χ1n) is 11.9. The van der Waals surface area contributed by atoms with Gasteiger partial charge >= 0.3 is 0 Å². The Hall–Kier alpha value is -3.81. The van der Waals surface area contributed by atoms with Crippen LogP contribution in [0.3, 0.4) is 0 Å². The highest BCUT2D eigenvalue weighted by Gasteiger charge is 2.24. The number of hydrogen-bond acceptors (Lipinski definition) is 5. The molecule has 0 bridgehead atoms. The van der Waals surface area contributed by atoms with Crippen LogP contribution in [0.1, 0.15) is 27.5 Å². The number of amides is 1. The van der Waals surface area contributed by atoms with Crippen LogP contribution in [0.25, 0.3) is 16.9 Å². The van der Waals surface area contributed by atoms with E-state index in [2.05, 4.69) is 46.4 Å². The van der Waals surface area contributed by atoms with E-state index in [0.717, 1.165) is 29.9 Å². The maximum Gasteiger partial charge on any atom is 0.255 e. The molecule has 1 N–H and O–H groups in total. The van der Waals surface area contributed by atoms with Gasteiger partial charge in [0.1, 0.15) is 5.69 Å². The highest BCUT2D eigenvalue weighted by Crippen LogP contribution is 2.25. The minimum atomic E-state index is -0.164. The molecule has 0 spiro atoms. The molecule has 0 saturated carbocycles. The maximum absolute atomic E-state index is 13.7. The van der Waals surface area contributed by atoms with Crippen molar-refractivity contribution in [3.05, 3.63) is 102 Å². The lowest BCUT2D eigenvalue weighted by atomic mass is 10.0. The third-order valence-electron chi connectivity index (χ3n) is 6.24. The van der Waals surface area contributed by atoms with Gasteiger partial charge < -0.3 is 10.1 Å². The van der Waals surface area contributed by atoms with Crippen LogP contribution in [0.5, 0.6) is 0 Å². The molecule has 7 heteroatoms. The lowest BCUT2D eigenvalue weighted by Crippen LogP contribution is -2.43. The second-order valence-corrected chi connectivity index (χ2v) is 8.76. The molecule has 35 heavy (non-hydrogen) atoms. The van der Waals surface area contributed by atoms with Crippen molar-refractivity contribution in [2.75, 3.05) is 32.8 Å². The van der Waals surface area contributed by atoms with Gasteiger partial charge in [0.15, 0.2) is 0 Å². The van der Waals surface area contributed by atoms with Crippen LogP contribution in [-0.2, 0) is 4.74 Å². The summed E-state index contributed by atoms with van der Waals surface area (Å²) in [5.74, 6) is -0.162. The molecule has 1 saturated heterocycles. The first-order valence-corrected chi connectivity index (χ1v) is 11.9. The van der Waals surface area contributed by atoms with Crippen LogP contribution in [0.4, 0.5) is 0 Å². The SMILES string of the molecule is Cc1ccc([C@H](CN2CCOCC2)NC(=O)c2cn(-c3ccccc3)nc2-c2cccnc2)cc1. The number of aryl methyl sites for hydroxylation is 1. The van der Waals surface area contributed by atoms with Crippen LogP contribution in [0.2, 0.25) is 0 Å². The maximum atomic E-state index is 13.7. The normalized spacial score (nSPS) is 15.0. The van der Waals surface area contributed by atoms with Gasteiger partial charge in [-0.15, -0.1) is 0 Å². The molecular formula is C28H29N5O2. The summed E-state index contributed by atoms with van der Waals surface area (Å²) in [5, 5.41) is 8.06. The third-order valence-corrected chi connectivity index (χ3v) is 6.24. The Labute approximate surface area is 205 Å². The molecule has 1 atom stereocenters. The van der Waals surface area contributed by atoms with E-state index in [1.807, 2.05) is 42.5 Å². The van der Waals surface area contributed by atoms with Gasteiger partial charge in [-0.3, -0.25) is 14.7 Å². The van der Waals surface area contributed by atoms with Crippen LogP contribution in [0, 0.1) is 6.92 Å². The fourth-order valence-corrected chi connectivity index (χ4v) is 4.28. The first-order chi connectivity index (χ1) is 17.2. The summed E-state index contributed by atoms with van der Waals surface area (Å²) in [6.07, 6.45) is 5.25. The van der Waals surface area contributed by atoms with Crippen LogP contribution >= 0.6 is 0 Å². The van der Waals surface area contributed by atoms with Gasteiger partial charge in [0.05, 0.1) is 30.5 Å². The fraction of sp³-hybridized carbons (Fsp3) is 0.250. The zero-order valence-electron chi connectivity index (χ0n) is 19.8. The molecule has 2 aromatic carbocycles. The van der Waals surface area contributed by atoms with Gasteiger partial charge in [0.2, 0.25) is 0 Å². The van der Waals surface area contributed by atoms with E-state index in [0.29, 0.717) is 31.0 Å². The number of rotatable bonds is 7. The molecule has 0 radical (unpaired) electrons. The Bertz CT molecular complexity index is 1250. The fourth-order valence-electron chi connectivity index (χ4n) is 4.28. The molecule has 1 aliphatic heterocycles. The number of aromatic nitrogens is 3. The van der Waals surface area contributed by atoms with Crippen LogP contribution in [0.15, 0.2) is 85.3 Å². The number of nitrogens with zero attached hydrogens (tertiary/aromatic N) is 4. The molecular weight excluding hydrogens is 438 g/mol. The predicted molar refractivity (Wildman–Crippen MR) is 135 cm³/mol. The molecule has 1 fully saturated rings. The molecule has 4 aromatic rings. The summed E-state index contributed by atoms with van der Waals surface area (Å²) in [6.45, 7) is 5.91. The van der Waals surface area contributed by atoms with E-state index in [1.165, 1.54) is 5.56 Å². The number of carbonyl (C=O) groups excluding carboxylic acids is 1. The predicted octanol–water partition coefficient (Wildman–Crippen LogP) is 4.05. The number of carbonyl (C=O) groups is 1. The standard InChI is InChI=1S/C28H29N5O2/c1-21-9-11-22(12-10-21)26(20-32-14-16-35-17-15-32)30-28(34)25-19-33(24-7-3-2-4-8-24)31-27(25)23-6-5-13-29-18-23/h2-13,18-19,26H,14-17,20H2,1H3,(H,30,34)/t26-/m0/s1. The number of nitrogens with one attached hydrogen (secondary N) is 1. The molecule has 7 nitrogen and oxygen atoms in total. The van der Waals surface area contributed by atoms with E-state index in [9.17, 15) is 4.79 Å². The first kappa shape index (κ1) is 23.0. The third kappa shape index (κ3) is 5.48. The largest absolute Gasteiger partial charge is 0.379 e. The summed E-state index contributed by atoms with van der Waals surface area (Å²) < 4.78 is 7.27. The monoisotopic (exact) mass is 467 g/mol. The highest BCUT2D eigenvalue weighted by molar-refractivity contribution is 6.00. The Kier molecular flexibility index (Phi) is 6.97. The molecule has 178 valence electrons. The van der Waals surface area contributed by atoms with E-state index >= 15 is 0 Å². The van der Waals surface area contributed by atoms with Crippen molar-refractivity contribution in [2.24, 2.45) is 0 Å². The molecule has 5 rings (SSSR count). The summed E-state index contributed by atoms with van der Waals surface area (Å²) in [4.78, 5) is 20.3. The van der Waals surface area contributed by atoms with E-state index in [4.69, 9.17) is 9.84 Å². The van der Waals surface area contributed by atoms with Crippen molar-refractivity contribution in [2.45, 2.75) is 13.0 Å². The van der Waals surface area contributed by atoms with Crippen molar-refractivity contribution < 1.29 is 9.53 Å². The number of ether oxygens (including phenoxy) is 1. The number of morpholine rings is 1. The van der Waals surface area contributed by atoms with Crippen molar-refractivity contribution in [3.63, 3.8) is 0 Å². The molecule has 1 amide bonds. The second kappa shape index (κ2) is 10.6. The number of benzene rings is 2. The molecule has 0 aliphatic carbocycles. The van der Waals surface area contributed by atoms with Gasteiger partial charge in [-0.1, -0.05) is 48.0 Å². The minimum absolute atomic E-state index is 0.162. The topological polar surface area (TPSA) is 72.3 Å². The Balaban J connectivity index is 1.48. The summed E-state index contributed by atoms with van der Waals surface area (Å²) in [5.41, 5.74) is 5.07. The lowest BCUT2D eigenvalue weighted by molar-refractivity contribution is 0.0332. The van der Waals surface area contributed by atoms with Gasteiger partial charge in [0.25, 0.3) is 5.91 Å². The quantitative estimate of drug-likeness (QED) is 0.444. The average molecular weight is 468 g/mol. The molecule has 1 aliphatic rings. The van der Waals surface area contributed by atoms with Crippen molar-refractivity contribution in [1.29, 1.82) is 0 Å². The van der Waals surface area contributed by atoms with Gasteiger partial charge in [0, 0.05) is 43.8 Å². The van der Waals surface area contributed by atoms with Crippen molar-refractivity contribution in [3.8, 4) is 16.9 Å². The zero-order valence-corrected chi connectivity index (χ0v) is 19.8. The minimum Gasteiger partial charge on any atom is -0.379 e. The van der Waals surface area contributed by atoms with Gasteiger partial charge in [-0.2, -0.15) is 5.10 Å². The van der Waals surface area contributed by atoms with Crippen molar-refractivity contribution >= 4 is 5.91 Å². The Morgan fingerprint density at radius 2 is 1.80 bits per heavy atom. The number of para-hydroxylation sites is 1. The van der Waals surface area contributed by atoms with E-state index in [-0.39, 0.29) is 11.9 Å². The average Bonchev–Trinajstić information content (AvgIpc) is 3.36. The summed E-state index contributed by atoms with van der Waals surface area (Å²) >= 11 is 0. The van der Waals surface area contributed by atoms with Gasteiger partial charge in [-0.25, -0.2) is 4.68 Å². The van der Waals surface area contributed by atoms with Crippen LogP contribution in [-0.4, -0.2) is 58.4 Å². The summed E-state index contributed by atoms with van der Waals surface area (Å²) in [7, 11) is 0. The summed E-state index contributed by atoms with van der Waals surface area (Å²) in [6, 6.07) is 21.8. The Morgan fingerprint density at radius 1 is 1.03 bits per heavy atom. The van der Waals surface area contributed by atoms with Crippen LogP contribution < -0.4 is 5.32 Å². The van der Waals surface area contributed by atoms with Crippen molar-refractivity contribution in [1.82, 2.24) is 25.0 Å². The van der Waals surface area contributed by atoms with E-state index in [1.54, 1.807) is 23.3 Å². The van der Waals surface area contributed by atoms with Gasteiger partial charge in [-0.05, 0) is 36.8 Å². The zero-order chi connectivity index (χ0) is 24.0. The second-order valence-electron chi connectivity index (χ2n) is 8.76. The van der Waals surface area contributed by atoms with E-state index < -0.39 is 0 Å². The number of hydrogen-bond donors (Lipinski definition) is 1. The Morgan fingerprint density at radius 3 is 2.51 bits per heavy atom. The molecule has 2 aromatic heterocycles. The molecule has 3 heterocycles. The molecule has 0 unspecified atom stereocenters. The lowest BCUT2D eigenvalue weighted by Gasteiger charge is -2.31. The highest BCUT2D eigenvalue weighted by atomic mass is 16.5. The number of pyridine rings is 1.